The van der Waals surface area contributed by atoms with Gasteiger partial charge in [0.25, 0.3) is 0 Å². The van der Waals surface area contributed by atoms with Gasteiger partial charge in [-0.25, -0.2) is 9.97 Å². The van der Waals surface area contributed by atoms with E-state index >= 15 is 0 Å². The van der Waals surface area contributed by atoms with Crippen LogP contribution in [0.3, 0.4) is 0 Å². The van der Waals surface area contributed by atoms with Gasteiger partial charge >= 0.3 is 0 Å². The van der Waals surface area contributed by atoms with Gasteiger partial charge in [-0.2, -0.15) is 0 Å². The van der Waals surface area contributed by atoms with Crippen molar-refractivity contribution in [1.82, 2.24) is 14.9 Å². The molecule has 2 aromatic rings. The monoisotopic (exact) mass is 302 g/mol. The Morgan fingerprint density at radius 1 is 1.14 bits per heavy atom. The summed E-state index contributed by atoms with van der Waals surface area (Å²) in [5, 5.41) is 0. The fraction of sp³-hybridized carbons (Fsp3) is 0.375. The van der Waals surface area contributed by atoms with E-state index in [4.69, 9.17) is 11.6 Å². The third-order valence-corrected chi connectivity index (χ3v) is 4.18. The van der Waals surface area contributed by atoms with Gasteiger partial charge < -0.3 is 9.80 Å². The fourth-order valence-electron chi connectivity index (χ4n) is 2.68. The molecular formula is C16H19ClN4. The molecule has 0 radical (unpaired) electrons. The van der Waals surface area contributed by atoms with Crippen LogP contribution in [0, 0.1) is 0 Å². The highest BCUT2D eigenvalue weighted by molar-refractivity contribution is 6.17. The van der Waals surface area contributed by atoms with Gasteiger partial charge in [-0.3, -0.25) is 0 Å². The highest BCUT2D eigenvalue weighted by Gasteiger charge is 2.28. The van der Waals surface area contributed by atoms with Crippen LogP contribution in [0.25, 0.3) is 0 Å². The molecule has 0 saturated carbocycles. The molecular weight excluding hydrogens is 284 g/mol. The Balaban J connectivity index is 1.90. The van der Waals surface area contributed by atoms with Gasteiger partial charge in [0.1, 0.15) is 0 Å². The molecule has 0 spiro atoms. The number of rotatable bonds is 3. The molecule has 1 unspecified atom stereocenters. The quantitative estimate of drug-likeness (QED) is 0.816. The molecule has 0 bridgehead atoms. The van der Waals surface area contributed by atoms with E-state index in [0.29, 0.717) is 5.88 Å². The Kier molecular flexibility index (Phi) is 4.36. The van der Waals surface area contributed by atoms with E-state index in [1.807, 2.05) is 18.5 Å². The Bertz CT molecular complexity index is 573. The third kappa shape index (κ3) is 3.17. The van der Waals surface area contributed by atoms with Crippen LogP contribution in [0.2, 0.25) is 0 Å². The molecule has 1 aliphatic rings. The van der Waals surface area contributed by atoms with Crippen molar-refractivity contribution in [1.29, 1.82) is 0 Å². The van der Waals surface area contributed by atoms with Crippen molar-refractivity contribution in [3.05, 3.63) is 53.9 Å². The van der Waals surface area contributed by atoms with Crippen LogP contribution >= 0.6 is 11.6 Å². The SMILES string of the molecule is CN1CCN(c2ncc(CCl)cn2)C(c2ccccc2)C1. The summed E-state index contributed by atoms with van der Waals surface area (Å²) in [6.07, 6.45) is 3.63. The van der Waals surface area contributed by atoms with Gasteiger partial charge in [-0.1, -0.05) is 30.3 Å². The van der Waals surface area contributed by atoms with Crippen molar-refractivity contribution in [2.75, 3.05) is 31.6 Å². The number of benzene rings is 1. The second kappa shape index (κ2) is 6.41. The van der Waals surface area contributed by atoms with Crippen LogP contribution in [0.4, 0.5) is 5.95 Å². The summed E-state index contributed by atoms with van der Waals surface area (Å²) in [4.78, 5) is 13.6. The van der Waals surface area contributed by atoms with Crippen molar-refractivity contribution in [2.45, 2.75) is 11.9 Å². The van der Waals surface area contributed by atoms with Crippen molar-refractivity contribution in [2.24, 2.45) is 0 Å². The minimum Gasteiger partial charge on any atom is -0.331 e. The molecule has 110 valence electrons. The second-order valence-electron chi connectivity index (χ2n) is 5.41. The zero-order valence-electron chi connectivity index (χ0n) is 12.1. The molecule has 1 aromatic heterocycles. The average Bonchev–Trinajstić information content (AvgIpc) is 2.56. The third-order valence-electron chi connectivity index (χ3n) is 3.87. The summed E-state index contributed by atoms with van der Waals surface area (Å²) in [6.45, 7) is 2.92. The lowest BCUT2D eigenvalue weighted by molar-refractivity contribution is 0.267. The number of hydrogen-bond acceptors (Lipinski definition) is 4. The van der Waals surface area contributed by atoms with Gasteiger partial charge in [0, 0.05) is 37.6 Å². The molecule has 0 amide bonds. The predicted octanol–water partition coefficient (Wildman–Crippen LogP) is 2.71. The number of anilines is 1. The van der Waals surface area contributed by atoms with E-state index in [1.54, 1.807) is 0 Å². The van der Waals surface area contributed by atoms with Gasteiger partial charge in [0.15, 0.2) is 0 Å². The first-order valence-corrected chi connectivity index (χ1v) is 7.68. The second-order valence-corrected chi connectivity index (χ2v) is 5.67. The van der Waals surface area contributed by atoms with Crippen LogP contribution < -0.4 is 4.90 Å². The maximum atomic E-state index is 5.81. The fourth-order valence-corrected chi connectivity index (χ4v) is 2.82. The summed E-state index contributed by atoms with van der Waals surface area (Å²) < 4.78 is 0. The van der Waals surface area contributed by atoms with Crippen LogP contribution in [-0.2, 0) is 5.88 Å². The average molecular weight is 303 g/mol. The number of nitrogens with zero attached hydrogens (tertiary/aromatic N) is 4. The molecule has 3 rings (SSSR count). The van der Waals surface area contributed by atoms with E-state index in [1.165, 1.54) is 5.56 Å². The molecule has 1 aromatic carbocycles. The molecule has 2 heterocycles. The minimum absolute atomic E-state index is 0.284. The summed E-state index contributed by atoms with van der Waals surface area (Å²) in [5.74, 6) is 1.23. The summed E-state index contributed by atoms with van der Waals surface area (Å²) in [5.41, 5.74) is 2.25. The Morgan fingerprint density at radius 3 is 2.52 bits per heavy atom. The van der Waals surface area contributed by atoms with Gasteiger partial charge in [-0.05, 0) is 12.6 Å². The normalized spacial score (nSPS) is 19.7. The number of aromatic nitrogens is 2. The Morgan fingerprint density at radius 2 is 1.86 bits per heavy atom. The lowest BCUT2D eigenvalue weighted by Crippen LogP contribution is -2.47. The first-order valence-electron chi connectivity index (χ1n) is 7.15. The van der Waals surface area contributed by atoms with E-state index in [2.05, 4.69) is 51.1 Å². The molecule has 1 fully saturated rings. The molecule has 1 saturated heterocycles. The summed E-state index contributed by atoms with van der Waals surface area (Å²) in [6, 6.07) is 10.8. The largest absolute Gasteiger partial charge is 0.331 e. The molecule has 0 aliphatic carbocycles. The lowest BCUT2D eigenvalue weighted by Gasteiger charge is -2.40. The van der Waals surface area contributed by atoms with E-state index in [0.717, 1.165) is 31.1 Å². The van der Waals surface area contributed by atoms with E-state index in [9.17, 15) is 0 Å². The zero-order chi connectivity index (χ0) is 14.7. The molecule has 0 N–H and O–H groups in total. The number of hydrogen-bond donors (Lipinski definition) is 0. The number of likely N-dealkylation sites (N-methyl/N-ethyl adjacent to an activating group) is 1. The number of piperazine rings is 1. The van der Waals surface area contributed by atoms with Crippen molar-refractivity contribution in [3.8, 4) is 0 Å². The lowest BCUT2D eigenvalue weighted by atomic mass is 10.0. The zero-order valence-corrected chi connectivity index (χ0v) is 12.9. The molecule has 5 heteroatoms. The molecule has 1 aliphatic heterocycles. The number of alkyl halides is 1. The molecule has 4 nitrogen and oxygen atoms in total. The minimum atomic E-state index is 0.284. The van der Waals surface area contributed by atoms with Gasteiger partial charge in [0.2, 0.25) is 5.95 Å². The van der Waals surface area contributed by atoms with Crippen LogP contribution in [-0.4, -0.2) is 41.5 Å². The highest BCUT2D eigenvalue weighted by atomic mass is 35.5. The summed E-state index contributed by atoms with van der Waals surface area (Å²) in [7, 11) is 2.16. The standard InChI is InChI=1S/C16H19ClN4/c1-20-7-8-21(16-18-10-13(9-17)11-19-16)15(12-20)14-5-3-2-4-6-14/h2-6,10-11,15H,7-9,12H2,1H3. The maximum Gasteiger partial charge on any atom is 0.225 e. The van der Waals surface area contributed by atoms with Crippen molar-refractivity contribution < 1.29 is 0 Å². The van der Waals surface area contributed by atoms with E-state index in [-0.39, 0.29) is 6.04 Å². The smallest absolute Gasteiger partial charge is 0.225 e. The van der Waals surface area contributed by atoms with E-state index < -0.39 is 0 Å². The van der Waals surface area contributed by atoms with Crippen molar-refractivity contribution in [3.63, 3.8) is 0 Å². The van der Waals surface area contributed by atoms with Gasteiger partial charge in [-0.15, -0.1) is 11.6 Å². The molecule has 1 atom stereocenters. The first kappa shape index (κ1) is 14.3. The summed E-state index contributed by atoms with van der Waals surface area (Å²) >= 11 is 5.81. The van der Waals surface area contributed by atoms with Gasteiger partial charge in [0.05, 0.1) is 11.9 Å². The van der Waals surface area contributed by atoms with Crippen LogP contribution in [0.15, 0.2) is 42.7 Å². The van der Waals surface area contributed by atoms with Crippen molar-refractivity contribution >= 4 is 17.5 Å². The van der Waals surface area contributed by atoms with Crippen LogP contribution in [0.5, 0.6) is 0 Å². The van der Waals surface area contributed by atoms with Crippen LogP contribution in [0.1, 0.15) is 17.2 Å². The molecule has 21 heavy (non-hydrogen) atoms. The maximum absolute atomic E-state index is 5.81. The Hall–Kier alpha value is -1.65. The predicted molar refractivity (Wildman–Crippen MR) is 85.6 cm³/mol. The first-order chi connectivity index (χ1) is 10.3. The number of halogens is 1. The topological polar surface area (TPSA) is 32.3 Å². The highest BCUT2D eigenvalue weighted by Crippen LogP contribution is 2.27. The Labute approximate surface area is 130 Å².